The average Bonchev–Trinajstić information content (AvgIpc) is 3.23. The van der Waals surface area contributed by atoms with Crippen LogP contribution in [0.5, 0.6) is 0 Å². The third-order valence-corrected chi connectivity index (χ3v) is 5.55. The van der Waals surface area contributed by atoms with E-state index in [2.05, 4.69) is 10.3 Å². The van der Waals surface area contributed by atoms with E-state index in [0.717, 1.165) is 9.44 Å². The lowest BCUT2D eigenvalue weighted by Gasteiger charge is -2.13. The topological polar surface area (TPSA) is 84.0 Å². The van der Waals surface area contributed by atoms with E-state index in [1.807, 2.05) is 30.5 Å². The molecule has 2 aromatic carbocycles. The lowest BCUT2D eigenvalue weighted by atomic mass is 10.1. The van der Waals surface area contributed by atoms with Crippen LogP contribution in [-0.4, -0.2) is 15.5 Å². The molecule has 1 atom stereocenters. The van der Waals surface area contributed by atoms with Crippen LogP contribution in [0.3, 0.4) is 0 Å². The zero-order valence-electron chi connectivity index (χ0n) is 15.0. The first-order chi connectivity index (χ1) is 13.5. The molecule has 0 saturated heterocycles. The van der Waals surface area contributed by atoms with Crippen LogP contribution in [0.25, 0.3) is 16.6 Å². The van der Waals surface area contributed by atoms with Crippen LogP contribution in [0.4, 0.5) is 0 Å². The summed E-state index contributed by atoms with van der Waals surface area (Å²) in [6.07, 6.45) is 0. The van der Waals surface area contributed by atoms with Crippen LogP contribution in [0.15, 0.2) is 75.6 Å². The number of hydrogen-bond acceptors (Lipinski definition) is 4. The zero-order chi connectivity index (χ0) is 19.7. The summed E-state index contributed by atoms with van der Waals surface area (Å²) in [4.78, 5) is 41.6. The highest BCUT2D eigenvalue weighted by atomic mass is 32.1. The molecule has 0 radical (unpaired) electrons. The van der Waals surface area contributed by atoms with Crippen molar-refractivity contribution in [2.45, 2.75) is 13.0 Å². The number of carbonyl (C=O) groups excluding carboxylic acids is 1. The Labute approximate surface area is 164 Å². The van der Waals surface area contributed by atoms with Gasteiger partial charge in [0.2, 0.25) is 0 Å². The number of carbonyl (C=O) groups is 1. The minimum atomic E-state index is -0.548. The Bertz CT molecular complexity index is 1260. The van der Waals surface area contributed by atoms with E-state index in [0.29, 0.717) is 22.2 Å². The predicted octanol–water partition coefficient (Wildman–Crippen LogP) is 3.23. The molecule has 2 aromatic heterocycles. The van der Waals surface area contributed by atoms with E-state index >= 15 is 0 Å². The maximum absolute atomic E-state index is 12.8. The third kappa shape index (κ3) is 3.27. The van der Waals surface area contributed by atoms with Gasteiger partial charge in [0, 0.05) is 10.4 Å². The van der Waals surface area contributed by atoms with E-state index in [-0.39, 0.29) is 11.9 Å². The summed E-state index contributed by atoms with van der Waals surface area (Å²) in [7, 11) is 0. The van der Waals surface area contributed by atoms with Gasteiger partial charge in [0.1, 0.15) is 0 Å². The standard InChI is InChI=1S/C21H17N3O3S/c1-13(18-8-5-11-28-18)22-19(25)14-9-10-16-17(12-14)23-21(27)24(20(16)26)15-6-3-2-4-7-15/h2-13H,1H3,(H,22,25)(H,23,27)/t13-/m0/s1. The number of aromatic amines is 1. The summed E-state index contributed by atoms with van der Waals surface area (Å²) in [5, 5.41) is 5.22. The molecular weight excluding hydrogens is 374 g/mol. The molecule has 0 aliphatic heterocycles. The maximum atomic E-state index is 12.8. The van der Waals surface area contributed by atoms with Crippen molar-refractivity contribution >= 4 is 28.1 Å². The Morgan fingerprint density at radius 2 is 1.86 bits per heavy atom. The Hall–Kier alpha value is -3.45. The lowest BCUT2D eigenvalue weighted by Crippen LogP contribution is -2.33. The van der Waals surface area contributed by atoms with Crippen LogP contribution < -0.4 is 16.6 Å². The molecule has 0 aliphatic rings. The molecule has 6 nitrogen and oxygen atoms in total. The van der Waals surface area contributed by atoms with Gasteiger partial charge in [-0.05, 0) is 48.7 Å². The molecule has 2 N–H and O–H groups in total. The third-order valence-electron chi connectivity index (χ3n) is 4.49. The minimum Gasteiger partial charge on any atom is -0.345 e. The molecule has 28 heavy (non-hydrogen) atoms. The van der Waals surface area contributed by atoms with Crippen LogP contribution in [0, 0.1) is 0 Å². The number of benzene rings is 2. The summed E-state index contributed by atoms with van der Waals surface area (Å²) in [6, 6.07) is 17.2. The molecule has 4 rings (SSSR count). The number of aromatic nitrogens is 2. The van der Waals surface area contributed by atoms with Gasteiger partial charge in [-0.3, -0.25) is 9.59 Å². The number of amides is 1. The number of fused-ring (bicyclic) bond motifs is 1. The summed E-state index contributed by atoms with van der Waals surface area (Å²) < 4.78 is 1.08. The Morgan fingerprint density at radius 3 is 2.57 bits per heavy atom. The van der Waals surface area contributed by atoms with Crippen molar-refractivity contribution in [1.29, 1.82) is 0 Å². The van der Waals surface area contributed by atoms with E-state index in [9.17, 15) is 14.4 Å². The van der Waals surface area contributed by atoms with Crippen molar-refractivity contribution in [1.82, 2.24) is 14.9 Å². The fourth-order valence-electron chi connectivity index (χ4n) is 3.06. The first kappa shape index (κ1) is 17.9. The second-order valence-electron chi connectivity index (χ2n) is 6.38. The predicted molar refractivity (Wildman–Crippen MR) is 110 cm³/mol. The van der Waals surface area contributed by atoms with Gasteiger partial charge in [0.25, 0.3) is 11.5 Å². The number of hydrogen-bond donors (Lipinski definition) is 2. The summed E-state index contributed by atoms with van der Waals surface area (Å²) in [6.45, 7) is 1.91. The van der Waals surface area contributed by atoms with Crippen molar-refractivity contribution in [3.63, 3.8) is 0 Å². The fourth-order valence-corrected chi connectivity index (χ4v) is 3.79. The van der Waals surface area contributed by atoms with E-state index in [1.165, 1.54) is 6.07 Å². The van der Waals surface area contributed by atoms with Crippen molar-refractivity contribution in [3.05, 3.63) is 97.3 Å². The molecule has 0 aliphatic carbocycles. The Balaban J connectivity index is 1.71. The van der Waals surface area contributed by atoms with Gasteiger partial charge >= 0.3 is 5.69 Å². The average molecular weight is 391 g/mol. The monoisotopic (exact) mass is 391 g/mol. The minimum absolute atomic E-state index is 0.131. The van der Waals surface area contributed by atoms with Crippen LogP contribution in [0.2, 0.25) is 0 Å². The number of nitrogens with one attached hydrogen (secondary N) is 2. The van der Waals surface area contributed by atoms with Crippen LogP contribution >= 0.6 is 11.3 Å². The highest BCUT2D eigenvalue weighted by Crippen LogP contribution is 2.19. The zero-order valence-corrected chi connectivity index (χ0v) is 15.8. The maximum Gasteiger partial charge on any atom is 0.333 e. The summed E-state index contributed by atoms with van der Waals surface area (Å²) in [5.74, 6) is -0.268. The van der Waals surface area contributed by atoms with Crippen molar-refractivity contribution in [2.75, 3.05) is 0 Å². The van der Waals surface area contributed by atoms with Gasteiger partial charge in [-0.15, -0.1) is 11.3 Å². The molecule has 0 saturated carbocycles. The normalized spacial score (nSPS) is 12.0. The molecule has 2 heterocycles. The van der Waals surface area contributed by atoms with Crippen molar-refractivity contribution in [2.24, 2.45) is 0 Å². The molecule has 1 amide bonds. The van der Waals surface area contributed by atoms with E-state index in [1.54, 1.807) is 47.7 Å². The molecule has 0 unspecified atom stereocenters. The Kier molecular flexibility index (Phi) is 4.67. The number of H-pyrrole nitrogens is 1. The molecule has 4 aromatic rings. The molecule has 0 fully saturated rings. The number of nitrogens with zero attached hydrogens (tertiary/aromatic N) is 1. The Morgan fingerprint density at radius 1 is 1.07 bits per heavy atom. The van der Waals surface area contributed by atoms with Gasteiger partial charge in [-0.1, -0.05) is 24.3 Å². The van der Waals surface area contributed by atoms with Crippen molar-refractivity contribution < 1.29 is 4.79 Å². The van der Waals surface area contributed by atoms with Crippen LogP contribution in [0.1, 0.15) is 28.2 Å². The van der Waals surface area contributed by atoms with Crippen LogP contribution in [-0.2, 0) is 0 Å². The smallest absolute Gasteiger partial charge is 0.333 e. The molecule has 0 spiro atoms. The summed E-state index contributed by atoms with van der Waals surface area (Å²) in [5.41, 5.74) is 0.223. The first-order valence-electron chi connectivity index (χ1n) is 8.73. The van der Waals surface area contributed by atoms with Gasteiger partial charge in [0.15, 0.2) is 0 Å². The number of rotatable bonds is 4. The quantitative estimate of drug-likeness (QED) is 0.560. The first-order valence-corrected chi connectivity index (χ1v) is 9.61. The van der Waals surface area contributed by atoms with Crippen molar-refractivity contribution in [3.8, 4) is 5.69 Å². The highest BCUT2D eigenvalue weighted by Gasteiger charge is 2.15. The fraction of sp³-hybridized carbons (Fsp3) is 0.0952. The second-order valence-corrected chi connectivity index (χ2v) is 7.36. The molecule has 0 bridgehead atoms. The lowest BCUT2D eigenvalue weighted by molar-refractivity contribution is 0.0940. The van der Waals surface area contributed by atoms with E-state index < -0.39 is 11.2 Å². The number of para-hydroxylation sites is 1. The van der Waals surface area contributed by atoms with Gasteiger partial charge < -0.3 is 10.3 Å². The number of thiophene rings is 1. The second kappa shape index (κ2) is 7.28. The molecular formula is C21H17N3O3S. The van der Waals surface area contributed by atoms with Gasteiger partial charge in [0.05, 0.1) is 22.6 Å². The summed E-state index contributed by atoms with van der Waals surface area (Å²) >= 11 is 1.57. The largest absolute Gasteiger partial charge is 0.345 e. The SMILES string of the molecule is C[C@H](NC(=O)c1ccc2c(=O)n(-c3ccccc3)c(=O)[nH]c2c1)c1cccs1. The van der Waals surface area contributed by atoms with E-state index in [4.69, 9.17) is 0 Å². The molecule has 7 heteroatoms. The highest BCUT2D eigenvalue weighted by molar-refractivity contribution is 7.10. The van der Waals surface area contributed by atoms with Gasteiger partial charge in [-0.25, -0.2) is 9.36 Å². The van der Waals surface area contributed by atoms with Gasteiger partial charge in [-0.2, -0.15) is 0 Å². The molecule has 140 valence electrons.